The second kappa shape index (κ2) is 12.1. The van der Waals surface area contributed by atoms with E-state index < -0.39 is 5.82 Å². The Labute approximate surface area is 273 Å². The fourth-order valence-electron chi connectivity index (χ4n) is 5.77. The normalized spacial score (nSPS) is 13.9. The van der Waals surface area contributed by atoms with Crippen molar-refractivity contribution in [3.8, 4) is 11.1 Å². The van der Waals surface area contributed by atoms with E-state index in [1.807, 2.05) is 59.6 Å². The summed E-state index contributed by atoms with van der Waals surface area (Å²) in [5.74, 6) is 0.334. The third-order valence-electron chi connectivity index (χ3n) is 8.04. The first kappa shape index (κ1) is 31.1. The number of carbonyl (C=O) groups excluding carboxylic acids is 2. The van der Waals surface area contributed by atoms with Gasteiger partial charge in [-0.2, -0.15) is 4.57 Å². The molecule has 46 heavy (non-hydrogen) atoms. The number of thioether (sulfide) groups is 1. The number of nitrogens with zero attached hydrogens (tertiary/aromatic N) is 4. The lowest BCUT2D eigenvalue weighted by molar-refractivity contribution is -0.690. The molecule has 9 nitrogen and oxygen atoms in total. The molecule has 7 rings (SSSR count). The van der Waals surface area contributed by atoms with E-state index in [9.17, 15) is 18.8 Å². The number of ketones is 1. The summed E-state index contributed by atoms with van der Waals surface area (Å²) in [6, 6.07) is 17.3. The number of rotatable bonds is 6. The first-order valence-electron chi connectivity index (χ1n) is 14.2. The summed E-state index contributed by atoms with van der Waals surface area (Å²) in [4.78, 5) is 40.3. The third kappa shape index (κ3) is 5.45. The molecule has 0 fully saturated rings. The summed E-state index contributed by atoms with van der Waals surface area (Å²) in [6.07, 6.45) is 7.44. The molecule has 0 spiro atoms. The Morgan fingerprint density at radius 3 is 2.52 bits per heavy atom. The van der Waals surface area contributed by atoms with Crippen molar-refractivity contribution in [3.63, 3.8) is 0 Å². The van der Waals surface area contributed by atoms with Gasteiger partial charge in [0.15, 0.2) is 23.9 Å². The van der Waals surface area contributed by atoms with Crippen LogP contribution in [0.3, 0.4) is 0 Å². The van der Waals surface area contributed by atoms with E-state index in [2.05, 4.69) is 4.57 Å². The number of pyridine rings is 1. The maximum atomic E-state index is 14.2. The topological polar surface area (TPSA) is 94.5 Å². The maximum Gasteiger partial charge on any atom is 0.519 e. The predicted molar refractivity (Wildman–Crippen MR) is 167 cm³/mol. The van der Waals surface area contributed by atoms with Crippen molar-refractivity contribution in [2.24, 2.45) is 0 Å². The van der Waals surface area contributed by atoms with Crippen molar-refractivity contribution in [3.05, 3.63) is 136 Å². The van der Waals surface area contributed by atoms with Crippen LogP contribution in [-0.4, -0.2) is 39.9 Å². The number of fused-ring (bicyclic) bond motifs is 2. The van der Waals surface area contributed by atoms with Gasteiger partial charge in [0.05, 0.1) is 5.52 Å². The van der Waals surface area contributed by atoms with Gasteiger partial charge in [-0.25, -0.2) is 14.0 Å². The molecule has 1 aliphatic rings. The molecule has 0 unspecified atom stereocenters. The average Bonchev–Trinajstić information content (AvgIpc) is 3.79. The molecule has 234 valence electrons. The number of benzene rings is 2. The Kier molecular flexibility index (Phi) is 8.22. The number of aromatic nitrogens is 3. The molecule has 0 bridgehead atoms. The zero-order valence-corrected chi connectivity index (χ0v) is 26.6. The highest BCUT2D eigenvalue weighted by molar-refractivity contribution is 7.99. The van der Waals surface area contributed by atoms with Crippen molar-refractivity contribution in [2.75, 3.05) is 14.1 Å². The van der Waals surface area contributed by atoms with Crippen molar-refractivity contribution < 1.29 is 39.8 Å². The largest absolute Gasteiger partial charge is 1.00 e. The molecule has 1 aliphatic heterocycles. The van der Waals surface area contributed by atoms with Crippen LogP contribution in [0, 0.1) is 12.7 Å². The van der Waals surface area contributed by atoms with Crippen molar-refractivity contribution in [1.29, 1.82) is 0 Å². The monoisotopic (exact) mass is 658 g/mol. The maximum absolute atomic E-state index is 14.2. The quantitative estimate of drug-likeness (QED) is 0.202. The molecule has 12 heteroatoms. The fraction of sp³-hybridized carbons (Fsp3) is 0.176. The highest BCUT2D eigenvalue weighted by Gasteiger charge is 2.31. The molecule has 0 N–H and O–H groups in total. The molecule has 0 radical (unpaired) electrons. The van der Waals surface area contributed by atoms with Gasteiger partial charge in [0.2, 0.25) is 12.3 Å². The van der Waals surface area contributed by atoms with Gasteiger partial charge in [0.25, 0.3) is 0 Å². The van der Waals surface area contributed by atoms with Crippen LogP contribution in [-0.2, 0) is 12.3 Å². The van der Waals surface area contributed by atoms with Crippen LogP contribution >= 0.6 is 11.8 Å². The molecule has 2 aromatic carbocycles. The molecule has 5 heterocycles. The van der Waals surface area contributed by atoms with Crippen LogP contribution in [0.4, 0.5) is 9.18 Å². The second-order valence-corrected chi connectivity index (χ2v) is 12.2. The first-order valence-corrected chi connectivity index (χ1v) is 15.3. The van der Waals surface area contributed by atoms with E-state index in [0.717, 1.165) is 22.4 Å². The summed E-state index contributed by atoms with van der Waals surface area (Å²) in [7, 11) is 3.33. The van der Waals surface area contributed by atoms with Gasteiger partial charge in [0.1, 0.15) is 11.2 Å². The molecular weight excluding hydrogens is 631 g/mol. The van der Waals surface area contributed by atoms with Crippen LogP contribution in [0.1, 0.15) is 44.1 Å². The van der Waals surface area contributed by atoms with Crippen LogP contribution < -0.4 is 22.8 Å². The summed E-state index contributed by atoms with van der Waals surface area (Å²) in [6.45, 7) is 2.05. The van der Waals surface area contributed by atoms with Crippen LogP contribution in [0.2, 0.25) is 0 Å². The number of hydrogen-bond donors (Lipinski definition) is 0. The minimum Gasteiger partial charge on any atom is -1.00 e. The zero-order valence-electron chi connectivity index (χ0n) is 25.1. The van der Waals surface area contributed by atoms with Gasteiger partial charge < -0.3 is 30.7 Å². The molecule has 0 aliphatic carbocycles. The number of halogens is 2. The fourth-order valence-corrected chi connectivity index (χ4v) is 7.08. The van der Waals surface area contributed by atoms with E-state index in [1.54, 1.807) is 51.1 Å². The van der Waals surface area contributed by atoms with Gasteiger partial charge >= 0.3 is 11.9 Å². The van der Waals surface area contributed by atoms with Crippen molar-refractivity contribution in [1.82, 2.24) is 14.0 Å². The molecule has 1 atom stereocenters. The molecule has 1 amide bonds. The minimum atomic E-state index is -0.720. The Morgan fingerprint density at radius 1 is 1.04 bits per heavy atom. The number of hydrogen-bond acceptors (Lipinski definition) is 6. The highest BCUT2D eigenvalue weighted by Crippen LogP contribution is 2.42. The van der Waals surface area contributed by atoms with E-state index >= 15 is 0 Å². The Hall–Kier alpha value is -4.87. The lowest BCUT2D eigenvalue weighted by Gasteiger charge is -2.12. The standard InChI is InChI=1S/C34H28FN4O5S.ClH/c1-20-30(44-34(42)43-20)18-37-13-4-5-23(16-37)32-38-14-12-26(29(38)19-45-32)31(40)27-17-39(33(41)36(2)3)28-15-22(8-11-25(27)28)21-6-9-24(35)10-7-21;/h4-17,32H,18-19H2,1-3H3;1H/q+1;/p-1/t32-;/m1./s1. The van der Waals surface area contributed by atoms with Gasteiger partial charge in [-0.05, 0) is 48.4 Å². The Balaban J connectivity index is 0.00000372. The number of amides is 1. The second-order valence-electron chi connectivity index (χ2n) is 11.1. The number of carbonyl (C=O) groups is 2. The smallest absolute Gasteiger partial charge is 0.519 e. The van der Waals surface area contributed by atoms with Gasteiger partial charge in [-0.3, -0.25) is 9.36 Å². The van der Waals surface area contributed by atoms with Crippen LogP contribution in [0.15, 0.2) is 99.1 Å². The Morgan fingerprint density at radius 2 is 1.80 bits per heavy atom. The Bertz CT molecular complexity index is 2180. The van der Waals surface area contributed by atoms with E-state index in [0.29, 0.717) is 45.8 Å². The third-order valence-corrected chi connectivity index (χ3v) is 9.30. The lowest BCUT2D eigenvalue weighted by Crippen LogP contribution is -3.00. The van der Waals surface area contributed by atoms with Gasteiger partial charge in [-0.15, -0.1) is 11.8 Å². The van der Waals surface area contributed by atoms with Crippen molar-refractivity contribution >= 4 is 34.5 Å². The number of aryl methyl sites for hydroxylation is 1. The van der Waals surface area contributed by atoms with Crippen LogP contribution in [0.25, 0.3) is 22.0 Å². The summed E-state index contributed by atoms with van der Waals surface area (Å²) >= 11 is 1.71. The first-order chi connectivity index (χ1) is 21.7. The summed E-state index contributed by atoms with van der Waals surface area (Å²) in [5.41, 5.74) is 5.16. The predicted octanol–water partition coefficient (Wildman–Crippen LogP) is 3.00. The molecule has 0 saturated carbocycles. The van der Waals surface area contributed by atoms with Gasteiger partial charge in [-0.1, -0.05) is 24.3 Å². The molecule has 6 aromatic rings. The SMILES string of the molecule is Cc1oc(=O)oc1C[n+]1cccc([C@H]2SCc3c(C(=O)c4cn(C(=O)N(C)C)c5cc(-c6ccc(F)cc6)ccc45)ccn32)c1.[Cl-]. The minimum absolute atomic E-state index is 0. The van der Waals surface area contributed by atoms with Crippen LogP contribution in [0.5, 0.6) is 0 Å². The summed E-state index contributed by atoms with van der Waals surface area (Å²) in [5, 5.41) is 0.606. The molecular formula is C34H28ClFN4O5S. The summed E-state index contributed by atoms with van der Waals surface area (Å²) < 4.78 is 29.3. The van der Waals surface area contributed by atoms with E-state index in [4.69, 9.17) is 8.83 Å². The van der Waals surface area contributed by atoms with Gasteiger partial charge in [0, 0.05) is 66.1 Å². The molecule has 0 saturated heterocycles. The average molecular weight is 659 g/mol. The molecule has 4 aromatic heterocycles. The highest BCUT2D eigenvalue weighted by atomic mass is 35.5. The van der Waals surface area contributed by atoms with E-state index in [1.165, 1.54) is 21.6 Å². The van der Waals surface area contributed by atoms with E-state index in [-0.39, 0.29) is 35.4 Å². The lowest BCUT2D eigenvalue weighted by atomic mass is 10.00. The van der Waals surface area contributed by atoms with Crippen molar-refractivity contribution in [2.45, 2.75) is 24.6 Å². The zero-order chi connectivity index (χ0) is 31.4.